The van der Waals surface area contributed by atoms with E-state index in [2.05, 4.69) is 10.2 Å². The van der Waals surface area contributed by atoms with Crippen LogP contribution >= 0.6 is 0 Å². The van der Waals surface area contributed by atoms with Gasteiger partial charge in [-0.1, -0.05) is 0 Å². The Bertz CT molecular complexity index is 458. The molecule has 1 atom stereocenters. The number of benzene rings is 1. The standard InChI is InChI=1S/C12H15N3O3/c1-9(16)13-10-6-7-14(8-10)11-2-4-12(5-3-11)15(17)18/h2-5,10H,6-8H2,1H3,(H,13,16)/t10-/m0/s1. The third-order valence-corrected chi connectivity index (χ3v) is 3.02. The third-order valence-electron chi connectivity index (χ3n) is 3.02. The van der Waals surface area contributed by atoms with Gasteiger partial charge in [0, 0.05) is 43.9 Å². The van der Waals surface area contributed by atoms with Crippen molar-refractivity contribution in [2.24, 2.45) is 0 Å². The largest absolute Gasteiger partial charge is 0.369 e. The summed E-state index contributed by atoms with van der Waals surface area (Å²) >= 11 is 0. The molecule has 6 heteroatoms. The number of carbonyl (C=O) groups excluding carboxylic acids is 1. The van der Waals surface area contributed by atoms with Crippen LogP contribution in [0.25, 0.3) is 0 Å². The SMILES string of the molecule is CC(=O)N[C@H]1CCN(c2ccc([N+](=O)[O-])cc2)C1. The summed E-state index contributed by atoms with van der Waals surface area (Å²) in [6.07, 6.45) is 0.899. The van der Waals surface area contributed by atoms with Crippen molar-refractivity contribution in [2.45, 2.75) is 19.4 Å². The van der Waals surface area contributed by atoms with Gasteiger partial charge in [0.05, 0.1) is 4.92 Å². The number of nitrogens with zero attached hydrogens (tertiary/aromatic N) is 2. The van der Waals surface area contributed by atoms with Gasteiger partial charge in [0.2, 0.25) is 5.91 Å². The predicted molar refractivity (Wildman–Crippen MR) is 67.5 cm³/mol. The van der Waals surface area contributed by atoms with Crippen LogP contribution in [0.5, 0.6) is 0 Å². The molecule has 1 aliphatic heterocycles. The Hall–Kier alpha value is -2.11. The molecule has 1 aliphatic rings. The maximum absolute atomic E-state index is 11.0. The van der Waals surface area contributed by atoms with Crippen LogP contribution in [0.2, 0.25) is 0 Å². The van der Waals surface area contributed by atoms with Crippen LogP contribution in [0, 0.1) is 10.1 Å². The minimum absolute atomic E-state index is 0.0226. The van der Waals surface area contributed by atoms with Crippen molar-refractivity contribution >= 4 is 17.3 Å². The molecule has 2 rings (SSSR count). The first kappa shape index (κ1) is 12.3. The van der Waals surface area contributed by atoms with E-state index in [1.54, 1.807) is 12.1 Å². The van der Waals surface area contributed by atoms with Gasteiger partial charge in [0.1, 0.15) is 0 Å². The van der Waals surface area contributed by atoms with Crippen LogP contribution in [-0.4, -0.2) is 30.0 Å². The lowest BCUT2D eigenvalue weighted by Gasteiger charge is -2.18. The average Bonchev–Trinajstić information content (AvgIpc) is 2.76. The summed E-state index contributed by atoms with van der Waals surface area (Å²) in [6, 6.07) is 6.66. The van der Waals surface area contributed by atoms with Crippen molar-refractivity contribution in [1.29, 1.82) is 0 Å². The van der Waals surface area contributed by atoms with E-state index in [9.17, 15) is 14.9 Å². The van der Waals surface area contributed by atoms with E-state index in [1.165, 1.54) is 19.1 Å². The molecule has 0 bridgehead atoms. The van der Waals surface area contributed by atoms with Crippen molar-refractivity contribution < 1.29 is 9.72 Å². The van der Waals surface area contributed by atoms with Gasteiger partial charge in [-0.15, -0.1) is 0 Å². The molecule has 18 heavy (non-hydrogen) atoms. The van der Waals surface area contributed by atoms with Gasteiger partial charge in [0.15, 0.2) is 0 Å². The van der Waals surface area contributed by atoms with Crippen molar-refractivity contribution in [1.82, 2.24) is 5.32 Å². The zero-order valence-corrected chi connectivity index (χ0v) is 10.1. The van der Waals surface area contributed by atoms with Crippen LogP contribution in [-0.2, 0) is 4.79 Å². The highest BCUT2D eigenvalue weighted by Gasteiger charge is 2.23. The van der Waals surface area contributed by atoms with E-state index >= 15 is 0 Å². The molecular formula is C12H15N3O3. The Kier molecular flexibility index (Phi) is 3.45. The molecule has 0 aromatic heterocycles. The molecule has 0 unspecified atom stereocenters. The lowest BCUT2D eigenvalue weighted by Crippen LogP contribution is -2.35. The predicted octanol–water partition coefficient (Wildman–Crippen LogP) is 1.31. The summed E-state index contributed by atoms with van der Waals surface area (Å²) in [6.45, 7) is 3.11. The highest BCUT2D eigenvalue weighted by molar-refractivity contribution is 5.73. The number of non-ortho nitro benzene ring substituents is 1. The number of anilines is 1. The highest BCUT2D eigenvalue weighted by Crippen LogP contribution is 2.23. The molecule has 0 spiro atoms. The molecule has 96 valence electrons. The molecule has 0 saturated carbocycles. The molecule has 1 fully saturated rings. The number of amides is 1. The number of rotatable bonds is 3. The Morgan fingerprint density at radius 3 is 2.67 bits per heavy atom. The zero-order valence-electron chi connectivity index (χ0n) is 10.1. The number of hydrogen-bond acceptors (Lipinski definition) is 4. The van der Waals surface area contributed by atoms with Gasteiger partial charge in [0.25, 0.3) is 5.69 Å². The summed E-state index contributed by atoms with van der Waals surface area (Å²) in [7, 11) is 0. The van der Waals surface area contributed by atoms with Crippen molar-refractivity contribution in [3.05, 3.63) is 34.4 Å². The number of nitro groups is 1. The molecule has 6 nitrogen and oxygen atoms in total. The highest BCUT2D eigenvalue weighted by atomic mass is 16.6. The Balaban J connectivity index is 2.01. The zero-order chi connectivity index (χ0) is 13.1. The Labute approximate surface area is 105 Å². The fourth-order valence-electron chi connectivity index (χ4n) is 2.19. The smallest absolute Gasteiger partial charge is 0.269 e. The fraction of sp³-hybridized carbons (Fsp3) is 0.417. The first-order valence-corrected chi connectivity index (χ1v) is 5.83. The van der Waals surface area contributed by atoms with Crippen LogP contribution in [0.4, 0.5) is 11.4 Å². The Morgan fingerprint density at radius 1 is 1.44 bits per heavy atom. The number of hydrogen-bond donors (Lipinski definition) is 1. The number of nitrogens with one attached hydrogen (secondary N) is 1. The second-order valence-electron chi connectivity index (χ2n) is 4.41. The molecule has 1 amide bonds. The van der Waals surface area contributed by atoms with Gasteiger partial charge >= 0.3 is 0 Å². The van der Waals surface area contributed by atoms with E-state index in [1.807, 2.05) is 0 Å². The molecule has 1 saturated heterocycles. The maximum Gasteiger partial charge on any atom is 0.269 e. The summed E-state index contributed by atoms with van der Waals surface area (Å²) < 4.78 is 0. The molecule has 1 N–H and O–H groups in total. The molecule has 1 aromatic carbocycles. The molecular weight excluding hydrogens is 234 g/mol. The van der Waals surface area contributed by atoms with Gasteiger partial charge in [-0.05, 0) is 18.6 Å². The van der Waals surface area contributed by atoms with E-state index in [0.717, 1.165) is 25.2 Å². The quantitative estimate of drug-likeness (QED) is 0.647. The molecule has 0 aliphatic carbocycles. The lowest BCUT2D eigenvalue weighted by molar-refractivity contribution is -0.384. The Morgan fingerprint density at radius 2 is 2.11 bits per heavy atom. The van der Waals surface area contributed by atoms with E-state index in [-0.39, 0.29) is 17.6 Å². The van der Waals surface area contributed by atoms with Gasteiger partial charge in [-0.2, -0.15) is 0 Å². The monoisotopic (exact) mass is 249 g/mol. The van der Waals surface area contributed by atoms with E-state index < -0.39 is 4.92 Å². The summed E-state index contributed by atoms with van der Waals surface area (Å²) in [4.78, 5) is 23.2. The summed E-state index contributed by atoms with van der Waals surface area (Å²) in [5, 5.41) is 13.4. The van der Waals surface area contributed by atoms with Crippen molar-refractivity contribution in [3.8, 4) is 0 Å². The maximum atomic E-state index is 11.0. The van der Waals surface area contributed by atoms with Gasteiger partial charge < -0.3 is 10.2 Å². The van der Waals surface area contributed by atoms with Crippen molar-refractivity contribution in [3.63, 3.8) is 0 Å². The first-order chi connectivity index (χ1) is 8.56. The second-order valence-corrected chi connectivity index (χ2v) is 4.41. The second kappa shape index (κ2) is 5.03. The third kappa shape index (κ3) is 2.77. The fourth-order valence-corrected chi connectivity index (χ4v) is 2.19. The summed E-state index contributed by atoms with van der Waals surface area (Å²) in [5.41, 5.74) is 1.05. The minimum atomic E-state index is -0.409. The first-order valence-electron chi connectivity index (χ1n) is 5.83. The molecule has 0 radical (unpaired) electrons. The number of nitro benzene ring substituents is 1. The van der Waals surface area contributed by atoms with Crippen LogP contribution in [0.15, 0.2) is 24.3 Å². The topological polar surface area (TPSA) is 75.5 Å². The minimum Gasteiger partial charge on any atom is -0.369 e. The van der Waals surface area contributed by atoms with Gasteiger partial charge in [-0.25, -0.2) is 0 Å². The molecule has 1 aromatic rings. The van der Waals surface area contributed by atoms with Crippen LogP contribution < -0.4 is 10.2 Å². The van der Waals surface area contributed by atoms with Gasteiger partial charge in [-0.3, -0.25) is 14.9 Å². The summed E-state index contributed by atoms with van der Waals surface area (Å²) in [5.74, 6) is -0.0226. The number of carbonyl (C=O) groups is 1. The van der Waals surface area contributed by atoms with Crippen molar-refractivity contribution in [2.75, 3.05) is 18.0 Å². The lowest BCUT2D eigenvalue weighted by atomic mass is 10.2. The molecule has 1 heterocycles. The van der Waals surface area contributed by atoms with E-state index in [0.29, 0.717) is 0 Å². The average molecular weight is 249 g/mol. The van der Waals surface area contributed by atoms with E-state index in [4.69, 9.17) is 0 Å². The normalized spacial score (nSPS) is 18.7. The van der Waals surface area contributed by atoms with Crippen LogP contribution in [0.1, 0.15) is 13.3 Å². The van der Waals surface area contributed by atoms with Crippen LogP contribution in [0.3, 0.4) is 0 Å².